The van der Waals surface area contributed by atoms with Crippen molar-refractivity contribution in [3.63, 3.8) is 0 Å². The molecule has 0 aliphatic heterocycles. The fraction of sp³-hybridized carbons (Fsp3) is 0.300. The monoisotopic (exact) mass is 290 g/mol. The molecule has 1 unspecified atom stereocenters. The molecule has 6 heteroatoms. The predicted octanol–water partition coefficient (Wildman–Crippen LogP) is 1.68. The number of hydrogen-bond acceptors (Lipinski definition) is 3. The van der Waals surface area contributed by atoms with E-state index in [0.29, 0.717) is 4.47 Å². The molecule has 16 heavy (non-hydrogen) atoms. The summed E-state index contributed by atoms with van der Waals surface area (Å²) in [5.74, 6) is -0.488. The Bertz CT molecular complexity index is 389. The van der Waals surface area contributed by atoms with Gasteiger partial charge in [0.2, 0.25) is 0 Å². The number of carbonyl (C=O) groups excluding carboxylic acids is 1. The SMILES string of the molecule is CNC(=O)C(C)Oc1c(N)cc(F)cc1Br. The highest BCUT2D eigenvalue weighted by atomic mass is 79.9. The van der Waals surface area contributed by atoms with Gasteiger partial charge in [-0.3, -0.25) is 4.79 Å². The maximum absolute atomic E-state index is 12.9. The van der Waals surface area contributed by atoms with Gasteiger partial charge in [0.1, 0.15) is 5.82 Å². The van der Waals surface area contributed by atoms with Gasteiger partial charge in [0.25, 0.3) is 5.91 Å². The molecule has 0 heterocycles. The average molecular weight is 291 g/mol. The molecule has 1 aromatic carbocycles. The lowest BCUT2D eigenvalue weighted by atomic mass is 10.3. The molecule has 0 saturated carbocycles. The van der Waals surface area contributed by atoms with Gasteiger partial charge in [0, 0.05) is 13.1 Å². The van der Waals surface area contributed by atoms with Crippen molar-refractivity contribution in [2.24, 2.45) is 0 Å². The Morgan fingerprint density at radius 3 is 2.75 bits per heavy atom. The van der Waals surface area contributed by atoms with Crippen LogP contribution in [0.3, 0.4) is 0 Å². The topological polar surface area (TPSA) is 64.3 Å². The molecule has 4 nitrogen and oxygen atoms in total. The summed E-state index contributed by atoms with van der Waals surface area (Å²) in [6.07, 6.45) is -0.700. The number of likely N-dealkylation sites (N-methyl/N-ethyl adjacent to an activating group) is 1. The number of nitrogens with two attached hydrogens (primary N) is 1. The minimum Gasteiger partial charge on any atom is -0.478 e. The van der Waals surface area contributed by atoms with E-state index >= 15 is 0 Å². The zero-order valence-corrected chi connectivity index (χ0v) is 10.5. The van der Waals surface area contributed by atoms with Crippen LogP contribution >= 0.6 is 15.9 Å². The van der Waals surface area contributed by atoms with Crippen molar-refractivity contribution < 1.29 is 13.9 Å². The van der Waals surface area contributed by atoms with Gasteiger partial charge >= 0.3 is 0 Å². The third-order valence-electron chi connectivity index (χ3n) is 1.95. The van der Waals surface area contributed by atoms with Gasteiger partial charge in [-0.25, -0.2) is 4.39 Å². The highest BCUT2D eigenvalue weighted by molar-refractivity contribution is 9.10. The maximum Gasteiger partial charge on any atom is 0.260 e. The van der Waals surface area contributed by atoms with Gasteiger partial charge in [-0.15, -0.1) is 0 Å². The van der Waals surface area contributed by atoms with Gasteiger partial charge in [0.15, 0.2) is 11.9 Å². The van der Waals surface area contributed by atoms with Crippen molar-refractivity contribution in [3.05, 3.63) is 22.4 Å². The molecule has 0 spiro atoms. The van der Waals surface area contributed by atoms with Gasteiger partial charge in [-0.05, 0) is 28.9 Å². The predicted molar refractivity (Wildman–Crippen MR) is 62.7 cm³/mol. The Hall–Kier alpha value is -1.30. The molecule has 0 aliphatic carbocycles. The molecule has 1 atom stereocenters. The van der Waals surface area contributed by atoms with Crippen LogP contribution in [-0.2, 0) is 4.79 Å². The number of nitrogens with one attached hydrogen (secondary N) is 1. The van der Waals surface area contributed by atoms with Crippen LogP contribution in [0.5, 0.6) is 5.75 Å². The van der Waals surface area contributed by atoms with E-state index in [9.17, 15) is 9.18 Å². The largest absolute Gasteiger partial charge is 0.478 e. The van der Waals surface area contributed by atoms with Crippen LogP contribution in [0.25, 0.3) is 0 Å². The van der Waals surface area contributed by atoms with Crippen LogP contribution in [0.2, 0.25) is 0 Å². The standard InChI is InChI=1S/C10H12BrFN2O2/c1-5(10(15)14-2)16-9-7(11)3-6(12)4-8(9)13/h3-5H,13H2,1-2H3,(H,14,15). The number of rotatable bonds is 3. The van der Waals surface area contributed by atoms with Crippen molar-refractivity contribution in [1.82, 2.24) is 5.32 Å². The maximum atomic E-state index is 12.9. The number of halogens is 2. The second-order valence-corrected chi connectivity index (χ2v) is 4.03. The molecule has 1 amide bonds. The Kier molecular flexibility index (Phi) is 4.12. The lowest BCUT2D eigenvalue weighted by molar-refractivity contribution is -0.126. The molecule has 0 fully saturated rings. The first-order valence-corrected chi connectivity index (χ1v) is 5.37. The summed E-state index contributed by atoms with van der Waals surface area (Å²) in [7, 11) is 1.51. The summed E-state index contributed by atoms with van der Waals surface area (Å²) in [6.45, 7) is 1.58. The van der Waals surface area contributed by atoms with Crippen molar-refractivity contribution in [2.45, 2.75) is 13.0 Å². The number of amides is 1. The van der Waals surface area contributed by atoms with Crippen LogP contribution in [0.4, 0.5) is 10.1 Å². The number of benzene rings is 1. The molecule has 1 rings (SSSR count). The van der Waals surface area contributed by atoms with Crippen LogP contribution in [0.15, 0.2) is 16.6 Å². The van der Waals surface area contributed by atoms with Gasteiger partial charge in [0.05, 0.1) is 10.2 Å². The zero-order chi connectivity index (χ0) is 12.3. The van der Waals surface area contributed by atoms with Crippen molar-refractivity contribution in [1.29, 1.82) is 0 Å². The molecule has 3 N–H and O–H groups in total. The summed E-state index contributed by atoms with van der Waals surface area (Å²) < 4.78 is 18.6. The van der Waals surface area contributed by atoms with Crippen molar-refractivity contribution in [3.8, 4) is 5.75 Å². The first-order valence-electron chi connectivity index (χ1n) is 4.58. The minimum atomic E-state index is -0.700. The molecule has 0 bridgehead atoms. The molecular formula is C10H12BrFN2O2. The number of anilines is 1. The molecular weight excluding hydrogens is 279 g/mol. The summed E-state index contributed by atoms with van der Waals surface area (Å²) >= 11 is 3.12. The summed E-state index contributed by atoms with van der Waals surface area (Å²) in [5.41, 5.74) is 5.73. The third-order valence-corrected chi connectivity index (χ3v) is 2.54. The second kappa shape index (κ2) is 5.16. The first-order chi connectivity index (χ1) is 7.45. The number of ether oxygens (including phenoxy) is 1. The van der Waals surface area contributed by atoms with E-state index in [4.69, 9.17) is 10.5 Å². The Morgan fingerprint density at radius 1 is 1.62 bits per heavy atom. The molecule has 88 valence electrons. The normalized spacial score (nSPS) is 12.0. The van der Waals surface area contributed by atoms with E-state index in [0.717, 1.165) is 6.07 Å². The van der Waals surface area contributed by atoms with Crippen LogP contribution in [-0.4, -0.2) is 19.1 Å². The Labute approximate surface area is 101 Å². The molecule has 0 aliphatic rings. The van der Waals surface area contributed by atoms with Crippen LogP contribution in [0, 0.1) is 5.82 Å². The number of nitrogen functional groups attached to an aromatic ring is 1. The van der Waals surface area contributed by atoms with E-state index < -0.39 is 11.9 Å². The second-order valence-electron chi connectivity index (χ2n) is 3.18. The zero-order valence-electron chi connectivity index (χ0n) is 8.88. The highest BCUT2D eigenvalue weighted by Crippen LogP contribution is 2.33. The smallest absolute Gasteiger partial charge is 0.260 e. The third kappa shape index (κ3) is 2.85. The molecule has 1 aromatic rings. The van der Waals surface area contributed by atoms with E-state index in [2.05, 4.69) is 21.2 Å². The Balaban J connectivity index is 2.93. The molecule has 0 radical (unpaired) electrons. The van der Waals surface area contributed by atoms with E-state index in [-0.39, 0.29) is 17.3 Å². The van der Waals surface area contributed by atoms with Crippen molar-refractivity contribution >= 4 is 27.5 Å². The fourth-order valence-corrected chi connectivity index (χ4v) is 1.68. The van der Waals surface area contributed by atoms with E-state index in [1.807, 2.05) is 0 Å². The highest BCUT2D eigenvalue weighted by Gasteiger charge is 2.16. The molecule has 0 aromatic heterocycles. The van der Waals surface area contributed by atoms with E-state index in [1.54, 1.807) is 6.92 Å². The first kappa shape index (κ1) is 12.8. The minimum absolute atomic E-state index is 0.141. The molecule has 0 saturated heterocycles. The number of carbonyl (C=O) groups is 1. The summed E-state index contributed by atoms with van der Waals surface area (Å²) in [5, 5.41) is 2.44. The lowest BCUT2D eigenvalue weighted by Crippen LogP contribution is -2.34. The summed E-state index contributed by atoms with van der Waals surface area (Å²) in [4.78, 5) is 11.2. The van der Waals surface area contributed by atoms with Gasteiger partial charge in [-0.2, -0.15) is 0 Å². The van der Waals surface area contributed by atoms with Crippen molar-refractivity contribution in [2.75, 3.05) is 12.8 Å². The lowest BCUT2D eigenvalue weighted by Gasteiger charge is -2.16. The number of hydrogen-bond donors (Lipinski definition) is 2. The van der Waals surface area contributed by atoms with Gasteiger partial charge < -0.3 is 15.8 Å². The summed E-state index contributed by atoms with van der Waals surface area (Å²) in [6, 6.07) is 2.36. The fourth-order valence-electron chi connectivity index (χ4n) is 1.14. The van der Waals surface area contributed by atoms with Gasteiger partial charge in [-0.1, -0.05) is 0 Å². The quantitative estimate of drug-likeness (QED) is 0.833. The van der Waals surface area contributed by atoms with Crippen LogP contribution in [0.1, 0.15) is 6.92 Å². The van der Waals surface area contributed by atoms with E-state index in [1.165, 1.54) is 13.1 Å². The van der Waals surface area contributed by atoms with Crippen LogP contribution < -0.4 is 15.8 Å². The Morgan fingerprint density at radius 2 is 2.25 bits per heavy atom. The average Bonchev–Trinajstić information content (AvgIpc) is 2.21.